The monoisotopic (exact) mass is 354 g/mol. The van der Waals surface area contributed by atoms with Gasteiger partial charge in [-0.3, -0.25) is 39.8 Å². The number of H-pyrrole nitrogens is 1. The topological polar surface area (TPSA) is 139 Å². The average molecular weight is 354 g/mol. The maximum atomic E-state index is 12.0. The van der Waals surface area contributed by atoms with E-state index in [1.165, 1.54) is 23.2 Å². The first-order chi connectivity index (χ1) is 12.6. The van der Waals surface area contributed by atoms with Gasteiger partial charge in [0.2, 0.25) is 5.91 Å². The van der Waals surface area contributed by atoms with Gasteiger partial charge in [0.15, 0.2) is 0 Å². The minimum atomic E-state index is -0.613. The molecule has 0 fully saturated rings. The molecule has 0 bridgehead atoms. The minimum absolute atomic E-state index is 0.0307. The number of amides is 2. The third kappa shape index (κ3) is 3.64. The Bertz CT molecular complexity index is 1070. The van der Waals surface area contributed by atoms with Gasteiger partial charge in [-0.2, -0.15) is 0 Å². The summed E-state index contributed by atoms with van der Waals surface area (Å²) in [5.41, 5.74) is 3.84. The molecule has 0 aliphatic heterocycles. The van der Waals surface area contributed by atoms with Crippen molar-refractivity contribution in [2.24, 2.45) is 0 Å². The van der Waals surface area contributed by atoms with Crippen molar-refractivity contribution < 1.29 is 9.59 Å². The summed E-state index contributed by atoms with van der Waals surface area (Å²) in [6.07, 6.45) is 3.94. The van der Waals surface area contributed by atoms with Crippen LogP contribution in [0.2, 0.25) is 0 Å². The highest BCUT2D eigenvalue weighted by atomic mass is 16.2. The van der Waals surface area contributed by atoms with Crippen LogP contribution in [0, 0.1) is 0 Å². The molecule has 0 spiro atoms. The summed E-state index contributed by atoms with van der Waals surface area (Å²) in [5, 5.41) is 0.350. The lowest BCUT2D eigenvalue weighted by molar-refractivity contribution is -0.122. The van der Waals surface area contributed by atoms with E-state index in [0.717, 1.165) is 0 Å². The average Bonchev–Trinajstić information content (AvgIpc) is 2.66. The summed E-state index contributed by atoms with van der Waals surface area (Å²) in [5.74, 6) is -1.12. The zero-order valence-electron chi connectivity index (χ0n) is 13.4. The number of para-hydroxylation sites is 1. The molecule has 3 rings (SSSR count). The van der Waals surface area contributed by atoms with Crippen LogP contribution in [0.1, 0.15) is 16.9 Å². The van der Waals surface area contributed by atoms with Gasteiger partial charge < -0.3 is 0 Å². The molecule has 3 N–H and O–H groups in total. The normalized spacial score (nSPS) is 10.5. The van der Waals surface area contributed by atoms with Crippen molar-refractivity contribution in [3.05, 3.63) is 69.4 Å². The molecule has 26 heavy (non-hydrogen) atoms. The van der Waals surface area contributed by atoms with Gasteiger partial charge in [-0.1, -0.05) is 12.1 Å². The molecule has 10 nitrogen and oxygen atoms in total. The Balaban J connectivity index is 1.65. The molecule has 0 saturated carbocycles. The van der Waals surface area contributed by atoms with Crippen molar-refractivity contribution in [3.63, 3.8) is 0 Å². The highest BCUT2D eigenvalue weighted by molar-refractivity contribution is 5.93. The lowest BCUT2D eigenvalue weighted by Gasteiger charge is -2.10. The second-order valence-electron chi connectivity index (χ2n) is 5.27. The Kier molecular flexibility index (Phi) is 4.83. The predicted molar refractivity (Wildman–Crippen MR) is 91.1 cm³/mol. The molecule has 0 radical (unpaired) electrons. The van der Waals surface area contributed by atoms with E-state index in [1.54, 1.807) is 24.3 Å². The first-order valence-corrected chi connectivity index (χ1v) is 7.63. The largest absolute Gasteiger partial charge is 0.328 e. The number of aryl methyl sites for hydroxylation is 1. The van der Waals surface area contributed by atoms with Crippen LogP contribution in [0.5, 0.6) is 0 Å². The van der Waals surface area contributed by atoms with Crippen molar-refractivity contribution in [1.29, 1.82) is 0 Å². The number of rotatable bonds is 4. The number of hydrazine groups is 1. The van der Waals surface area contributed by atoms with Gasteiger partial charge in [0.25, 0.3) is 11.5 Å². The van der Waals surface area contributed by atoms with Crippen LogP contribution in [0.15, 0.2) is 52.4 Å². The second-order valence-corrected chi connectivity index (χ2v) is 5.27. The zero-order chi connectivity index (χ0) is 18.5. The van der Waals surface area contributed by atoms with Crippen LogP contribution >= 0.6 is 0 Å². The van der Waals surface area contributed by atoms with E-state index in [4.69, 9.17) is 0 Å². The molecule has 3 aromatic rings. The quantitative estimate of drug-likeness (QED) is 0.531. The summed E-state index contributed by atoms with van der Waals surface area (Å²) in [7, 11) is 0. The molecule has 132 valence electrons. The van der Waals surface area contributed by atoms with Crippen LogP contribution in [0.3, 0.4) is 0 Å². The van der Waals surface area contributed by atoms with Gasteiger partial charge in [0.1, 0.15) is 5.69 Å². The van der Waals surface area contributed by atoms with Crippen molar-refractivity contribution >= 4 is 22.7 Å². The van der Waals surface area contributed by atoms with Crippen molar-refractivity contribution in [1.82, 2.24) is 30.4 Å². The first kappa shape index (κ1) is 17.0. The van der Waals surface area contributed by atoms with Gasteiger partial charge >= 0.3 is 5.69 Å². The molecule has 2 amide bonds. The number of hydrogen-bond donors (Lipinski definition) is 3. The maximum Gasteiger partial charge on any atom is 0.328 e. The number of aromatic nitrogens is 4. The number of nitrogens with one attached hydrogen (secondary N) is 3. The van der Waals surface area contributed by atoms with E-state index in [0.29, 0.717) is 10.9 Å². The molecule has 10 heteroatoms. The lowest BCUT2D eigenvalue weighted by Crippen LogP contribution is -2.42. The molecule has 0 saturated heterocycles. The molecule has 2 heterocycles. The Labute approximate surface area is 145 Å². The fourth-order valence-corrected chi connectivity index (χ4v) is 2.35. The Morgan fingerprint density at radius 1 is 1.12 bits per heavy atom. The molecule has 0 aliphatic carbocycles. The van der Waals surface area contributed by atoms with E-state index in [2.05, 4.69) is 25.8 Å². The SMILES string of the molecule is O=C(CCn1c(=O)[nH]c(=O)c2ccccc21)NNC(=O)c1cnccn1. The molecule has 2 aromatic heterocycles. The number of benzene rings is 1. The van der Waals surface area contributed by atoms with E-state index >= 15 is 0 Å². The fraction of sp³-hybridized carbons (Fsp3) is 0.125. The third-order valence-corrected chi connectivity index (χ3v) is 3.58. The molecule has 0 unspecified atom stereocenters. The Morgan fingerprint density at radius 3 is 2.69 bits per heavy atom. The van der Waals surface area contributed by atoms with E-state index in [9.17, 15) is 19.2 Å². The van der Waals surface area contributed by atoms with Crippen LogP contribution in [0.25, 0.3) is 10.9 Å². The van der Waals surface area contributed by atoms with E-state index in [1.807, 2.05) is 0 Å². The van der Waals surface area contributed by atoms with Crippen molar-refractivity contribution in [2.75, 3.05) is 0 Å². The van der Waals surface area contributed by atoms with Gasteiger partial charge in [0, 0.05) is 25.4 Å². The summed E-state index contributed by atoms with van der Waals surface area (Å²) in [6.45, 7) is 0.0307. The van der Waals surface area contributed by atoms with Gasteiger partial charge in [-0.25, -0.2) is 9.78 Å². The molecular formula is C16H14N6O4. The number of carbonyl (C=O) groups is 2. The Hall–Kier alpha value is -3.82. The maximum absolute atomic E-state index is 12.0. The van der Waals surface area contributed by atoms with Gasteiger partial charge in [-0.05, 0) is 12.1 Å². The number of nitrogens with zero attached hydrogens (tertiary/aromatic N) is 3. The van der Waals surface area contributed by atoms with Gasteiger partial charge in [0.05, 0.1) is 17.1 Å². The molecule has 0 aliphatic rings. The fourth-order valence-electron chi connectivity index (χ4n) is 2.35. The summed E-state index contributed by atoms with van der Waals surface area (Å²) >= 11 is 0. The number of hydrogen-bond acceptors (Lipinski definition) is 6. The van der Waals surface area contributed by atoms with Crippen LogP contribution in [0.4, 0.5) is 0 Å². The standard InChI is InChI=1S/C16H14N6O4/c23-13(20-21-15(25)11-9-17-6-7-18-11)5-8-22-12-4-2-1-3-10(12)14(24)19-16(22)26/h1-4,6-7,9H,5,8H2,(H,20,23)(H,21,25)(H,19,24,26). The van der Waals surface area contributed by atoms with Crippen molar-refractivity contribution in [3.8, 4) is 0 Å². The van der Waals surface area contributed by atoms with Crippen LogP contribution in [-0.2, 0) is 11.3 Å². The van der Waals surface area contributed by atoms with E-state index < -0.39 is 23.1 Å². The van der Waals surface area contributed by atoms with Crippen LogP contribution < -0.4 is 22.1 Å². The second kappa shape index (κ2) is 7.38. The van der Waals surface area contributed by atoms with Crippen molar-refractivity contribution in [2.45, 2.75) is 13.0 Å². The molecular weight excluding hydrogens is 340 g/mol. The first-order valence-electron chi connectivity index (χ1n) is 7.63. The highest BCUT2D eigenvalue weighted by Gasteiger charge is 2.11. The smallest absolute Gasteiger partial charge is 0.293 e. The molecule has 1 aromatic carbocycles. The van der Waals surface area contributed by atoms with Crippen LogP contribution in [-0.4, -0.2) is 31.3 Å². The summed E-state index contributed by atoms with van der Waals surface area (Å²) < 4.78 is 1.29. The molecule has 0 atom stereocenters. The zero-order valence-corrected chi connectivity index (χ0v) is 13.4. The third-order valence-electron chi connectivity index (χ3n) is 3.58. The Morgan fingerprint density at radius 2 is 1.92 bits per heavy atom. The number of aromatic amines is 1. The van der Waals surface area contributed by atoms with E-state index in [-0.39, 0.29) is 18.7 Å². The lowest BCUT2D eigenvalue weighted by atomic mass is 10.2. The number of fused-ring (bicyclic) bond motifs is 1. The number of carbonyl (C=O) groups excluding carboxylic acids is 2. The predicted octanol–water partition coefficient (Wildman–Crippen LogP) is -0.669. The summed E-state index contributed by atoms with van der Waals surface area (Å²) in [4.78, 5) is 57.3. The highest BCUT2D eigenvalue weighted by Crippen LogP contribution is 2.06. The minimum Gasteiger partial charge on any atom is -0.293 e. The van der Waals surface area contributed by atoms with Gasteiger partial charge in [-0.15, -0.1) is 0 Å². The summed E-state index contributed by atoms with van der Waals surface area (Å²) in [6, 6.07) is 6.59.